The molecule has 20 heavy (non-hydrogen) atoms. The van der Waals surface area contributed by atoms with Crippen LogP contribution in [0.25, 0.3) is 0 Å². The van der Waals surface area contributed by atoms with Gasteiger partial charge in [0.25, 0.3) is 0 Å². The fourth-order valence-electron chi connectivity index (χ4n) is 1.92. The fourth-order valence-corrected chi connectivity index (χ4v) is 1.92. The van der Waals surface area contributed by atoms with Gasteiger partial charge in [-0.15, -0.1) is 0 Å². The summed E-state index contributed by atoms with van der Waals surface area (Å²) in [6.45, 7) is 5.02. The molecule has 0 aliphatic rings. The van der Waals surface area contributed by atoms with E-state index >= 15 is 0 Å². The average Bonchev–Trinajstić information content (AvgIpc) is 2.49. The number of nitrogens with two attached hydrogens (primary N) is 1. The van der Waals surface area contributed by atoms with Gasteiger partial charge in [-0.05, 0) is 18.9 Å². The van der Waals surface area contributed by atoms with Gasteiger partial charge in [-0.2, -0.15) is 0 Å². The first kappa shape index (κ1) is 14.1. The lowest BCUT2D eigenvalue weighted by Gasteiger charge is -2.17. The molecule has 0 amide bonds. The minimum atomic E-state index is 0.132. The highest BCUT2D eigenvalue weighted by Crippen LogP contribution is 2.26. The molecule has 106 valence electrons. The highest BCUT2D eigenvalue weighted by atomic mass is 15.1. The fraction of sp³-hybridized carbons (Fsp3) is 0.333. The van der Waals surface area contributed by atoms with Crippen LogP contribution in [0.3, 0.4) is 0 Å². The molecule has 1 atom stereocenters. The predicted octanol–water partition coefficient (Wildman–Crippen LogP) is 3.05. The van der Waals surface area contributed by atoms with Crippen molar-refractivity contribution in [2.75, 3.05) is 22.9 Å². The number of hydrogen-bond donors (Lipinski definition) is 3. The zero-order valence-corrected chi connectivity index (χ0v) is 11.9. The van der Waals surface area contributed by atoms with Gasteiger partial charge in [0, 0.05) is 6.54 Å². The zero-order chi connectivity index (χ0) is 14.4. The van der Waals surface area contributed by atoms with Crippen molar-refractivity contribution in [3.8, 4) is 0 Å². The summed E-state index contributed by atoms with van der Waals surface area (Å²) in [5.74, 6) is 1.35. The molecule has 1 heterocycles. The van der Waals surface area contributed by atoms with Gasteiger partial charge < -0.3 is 16.4 Å². The first-order valence-corrected chi connectivity index (χ1v) is 6.88. The maximum Gasteiger partial charge on any atom is 0.155 e. The van der Waals surface area contributed by atoms with E-state index in [-0.39, 0.29) is 6.04 Å². The van der Waals surface area contributed by atoms with Crippen molar-refractivity contribution in [2.24, 2.45) is 0 Å². The number of nitrogens with one attached hydrogen (secondary N) is 2. The lowest BCUT2D eigenvalue weighted by molar-refractivity contribution is 0.872. The summed E-state index contributed by atoms with van der Waals surface area (Å²) >= 11 is 0. The van der Waals surface area contributed by atoms with Gasteiger partial charge in [0.2, 0.25) is 0 Å². The van der Waals surface area contributed by atoms with Crippen LogP contribution in [-0.2, 0) is 0 Å². The molecule has 0 fully saturated rings. The lowest BCUT2D eigenvalue weighted by atomic mass is 10.1. The van der Waals surface area contributed by atoms with Crippen LogP contribution in [0, 0.1) is 0 Å². The van der Waals surface area contributed by atoms with Crippen molar-refractivity contribution < 1.29 is 0 Å². The SMILES string of the molecule is CCCNc1ncnc(NC(C)c2ccccc2)c1N. The highest BCUT2D eigenvalue weighted by molar-refractivity contribution is 5.74. The van der Waals surface area contributed by atoms with E-state index in [0.29, 0.717) is 17.3 Å². The third kappa shape index (κ3) is 3.38. The molecule has 5 nitrogen and oxygen atoms in total. The Labute approximate surface area is 119 Å². The van der Waals surface area contributed by atoms with Crippen LogP contribution in [-0.4, -0.2) is 16.5 Å². The standard InChI is InChI=1S/C15H21N5/c1-3-9-17-14-13(16)15(19-10-18-14)20-11(2)12-7-5-4-6-8-12/h4-8,10-11H,3,9,16H2,1-2H3,(H2,17,18,19,20). The molecule has 1 aromatic heterocycles. The van der Waals surface area contributed by atoms with Crippen molar-refractivity contribution in [3.63, 3.8) is 0 Å². The summed E-state index contributed by atoms with van der Waals surface area (Å²) in [5, 5.41) is 6.53. The quantitative estimate of drug-likeness (QED) is 0.753. The van der Waals surface area contributed by atoms with Crippen LogP contribution in [0.15, 0.2) is 36.7 Å². The van der Waals surface area contributed by atoms with E-state index in [0.717, 1.165) is 13.0 Å². The minimum Gasteiger partial charge on any atom is -0.393 e. The van der Waals surface area contributed by atoms with Crippen LogP contribution in [0.2, 0.25) is 0 Å². The number of hydrogen-bond acceptors (Lipinski definition) is 5. The highest BCUT2D eigenvalue weighted by Gasteiger charge is 2.11. The molecule has 0 spiro atoms. The summed E-state index contributed by atoms with van der Waals surface area (Å²) in [5.41, 5.74) is 7.85. The summed E-state index contributed by atoms with van der Waals surface area (Å²) < 4.78 is 0. The molecule has 1 aromatic carbocycles. The molecule has 2 rings (SSSR count). The Bertz CT molecular complexity index is 541. The summed E-state index contributed by atoms with van der Waals surface area (Å²) in [7, 11) is 0. The van der Waals surface area contributed by atoms with Gasteiger partial charge in [-0.25, -0.2) is 9.97 Å². The molecule has 2 aromatic rings. The Kier molecular flexibility index (Phi) is 4.76. The van der Waals surface area contributed by atoms with Gasteiger partial charge in [-0.1, -0.05) is 37.3 Å². The number of nitrogen functional groups attached to an aromatic ring is 1. The number of rotatable bonds is 6. The molecule has 0 bridgehead atoms. The largest absolute Gasteiger partial charge is 0.393 e. The maximum absolute atomic E-state index is 6.10. The van der Waals surface area contributed by atoms with Crippen molar-refractivity contribution in [3.05, 3.63) is 42.2 Å². The van der Waals surface area contributed by atoms with Crippen LogP contribution < -0.4 is 16.4 Å². The van der Waals surface area contributed by atoms with E-state index in [9.17, 15) is 0 Å². The summed E-state index contributed by atoms with van der Waals surface area (Å²) in [4.78, 5) is 8.39. The predicted molar refractivity (Wildman–Crippen MR) is 83.7 cm³/mol. The van der Waals surface area contributed by atoms with E-state index in [1.807, 2.05) is 18.2 Å². The molecule has 0 saturated heterocycles. The monoisotopic (exact) mass is 271 g/mol. The van der Waals surface area contributed by atoms with E-state index in [1.165, 1.54) is 11.9 Å². The van der Waals surface area contributed by atoms with E-state index in [4.69, 9.17) is 5.73 Å². The molecule has 1 unspecified atom stereocenters. The Balaban J connectivity index is 2.13. The second-order valence-corrected chi connectivity index (χ2v) is 4.69. The van der Waals surface area contributed by atoms with Crippen molar-refractivity contribution in [1.82, 2.24) is 9.97 Å². The molecule has 0 saturated carbocycles. The van der Waals surface area contributed by atoms with Gasteiger partial charge >= 0.3 is 0 Å². The number of benzene rings is 1. The minimum absolute atomic E-state index is 0.132. The molecule has 0 aliphatic carbocycles. The smallest absolute Gasteiger partial charge is 0.155 e. The Morgan fingerprint density at radius 1 is 1.15 bits per heavy atom. The Hall–Kier alpha value is -2.30. The lowest BCUT2D eigenvalue weighted by Crippen LogP contribution is -2.13. The van der Waals surface area contributed by atoms with Gasteiger partial charge in [-0.3, -0.25) is 0 Å². The van der Waals surface area contributed by atoms with Gasteiger partial charge in [0.05, 0.1) is 6.04 Å². The number of nitrogens with zero attached hydrogens (tertiary/aromatic N) is 2. The van der Waals surface area contributed by atoms with Crippen LogP contribution >= 0.6 is 0 Å². The Morgan fingerprint density at radius 3 is 2.55 bits per heavy atom. The molecular weight excluding hydrogens is 250 g/mol. The van der Waals surface area contributed by atoms with Crippen molar-refractivity contribution in [1.29, 1.82) is 0 Å². The summed E-state index contributed by atoms with van der Waals surface area (Å²) in [6.07, 6.45) is 2.54. The van der Waals surface area contributed by atoms with Crippen LogP contribution in [0.1, 0.15) is 31.9 Å². The van der Waals surface area contributed by atoms with E-state index in [1.54, 1.807) is 0 Å². The average molecular weight is 271 g/mol. The van der Waals surface area contributed by atoms with Crippen molar-refractivity contribution in [2.45, 2.75) is 26.3 Å². The maximum atomic E-state index is 6.10. The van der Waals surface area contributed by atoms with Crippen LogP contribution in [0.5, 0.6) is 0 Å². The van der Waals surface area contributed by atoms with Gasteiger partial charge in [0.1, 0.15) is 12.0 Å². The molecular formula is C15H21N5. The third-order valence-corrected chi connectivity index (χ3v) is 3.08. The second-order valence-electron chi connectivity index (χ2n) is 4.69. The normalized spacial score (nSPS) is 11.9. The molecule has 0 aliphatic heterocycles. The first-order valence-electron chi connectivity index (χ1n) is 6.88. The summed E-state index contributed by atoms with van der Waals surface area (Å²) in [6, 6.07) is 10.3. The van der Waals surface area contributed by atoms with Crippen molar-refractivity contribution >= 4 is 17.3 Å². The van der Waals surface area contributed by atoms with E-state index in [2.05, 4.69) is 46.6 Å². The second kappa shape index (κ2) is 6.75. The number of aromatic nitrogens is 2. The van der Waals surface area contributed by atoms with Crippen LogP contribution in [0.4, 0.5) is 17.3 Å². The zero-order valence-electron chi connectivity index (χ0n) is 11.9. The third-order valence-electron chi connectivity index (χ3n) is 3.08. The molecule has 0 radical (unpaired) electrons. The molecule has 4 N–H and O–H groups in total. The topological polar surface area (TPSA) is 75.9 Å². The number of anilines is 3. The Morgan fingerprint density at radius 2 is 1.85 bits per heavy atom. The van der Waals surface area contributed by atoms with E-state index < -0.39 is 0 Å². The van der Waals surface area contributed by atoms with Gasteiger partial charge in [0.15, 0.2) is 11.6 Å². The molecule has 5 heteroatoms. The first-order chi connectivity index (χ1) is 9.72.